The predicted octanol–water partition coefficient (Wildman–Crippen LogP) is 3.05. The molecule has 2 aromatic rings. The third kappa shape index (κ3) is 3.57. The van der Waals surface area contributed by atoms with E-state index in [0.29, 0.717) is 6.20 Å². The molecule has 2 rings (SSSR count). The predicted molar refractivity (Wildman–Crippen MR) is 71.3 cm³/mol. The van der Waals surface area contributed by atoms with Crippen molar-refractivity contribution in [2.24, 2.45) is 4.99 Å². The van der Waals surface area contributed by atoms with E-state index in [0.717, 1.165) is 6.07 Å². The maximum absolute atomic E-state index is 12.6. The van der Waals surface area contributed by atoms with Crippen molar-refractivity contribution in [1.29, 1.82) is 0 Å². The first-order valence-electron chi connectivity index (χ1n) is 5.95. The molecule has 0 radical (unpaired) electrons. The molecule has 0 N–H and O–H groups in total. The molecule has 0 fully saturated rings. The summed E-state index contributed by atoms with van der Waals surface area (Å²) in [4.78, 5) is 11.9. The zero-order valence-corrected chi connectivity index (χ0v) is 11.9. The van der Waals surface area contributed by atoms with E-state index in [2.05, 4.69) is 20.1 Å². The van der Waals surface area contributed by atoms with Crippen molar-refractivity contribution in [3.63, 3.8) is 0 Å². The van der Waals surface area contributed by atoms with Gasteiger partial charge in [0.15, 0.2) is 5.84 Å². The number of rotatable bonds is 2. The van der Waals surface area contributed by atoms with Gasteiger partial charge in [-0.3, -0.25) is 9.98 Å². The summed E-state index contributed by atoms with van der Waals surface area (Å²) in [5, 5.41) is 3.76. The smallest absolute Gasteiger partial charge is 0.262 e. The van der Waals surface area contributed by atoms with Crippen molar-refractivity contribution in [2.45, 2.75) is 26.1 Å². The molecule has 0 aliphatic heterocycles. The molecule has 0 saturated heterocycles. The van der Waals surface area contributed by atoms with E-state index >= 15 is 0 Å². The van der Waals surface area contributed by atoms with Gasteiger partial charge in [-0.15, -0.1) is 0 Å². The second-order valence-electron chi connectivity index (χ2n) is 4.44. The Balaban J connectivity index is 2.52. The molecular weight excluding hydrogens is 307 g/mol. The van der Waals surface area contributed by atoms with E-state index in [-0.39, 0.29) is 22.6 Å². The molecule has 0 aliphatic rings. The SMILES string of the molecule is CC(C)N=C(c1ncc(C(F)(F)F)cc1Cl)n1cncn1. The monoisotopic (exact) mass is 317 g/mol. The number of halogens is 4. The van der Waals surface area contributed by atoms with Crippen LogP contribution in [0.1, 0.15) is 25.1 Å². The largest absolute Gasteiger partial charge is 0.417 e. The zero-order valence-electron chi connectivity index (χ0n) is 11.1. The average molecular weight is 318 g/mol. The van der Waals surface area contributed by atoms with E-state index in [9.17, 15) is 13.2 Å². The molecular formula is C12H11ClF3N5. The van der Waals surface area contributed by atoms with E-state index in [4.69, 9.17) is 11.6 Å². The second-order valence-corrected chi connectivity index (χ2v) is 4.85. The molecule has 0 spiro atoms. The Morgan fingerprint density at radius 2 is 2.10 bits per heavy atom. The molecule has 0 bridgehead atoms. The van der Waals surface area contributed by atoms with E-state index < -0.39 is 11.7 Å². The highest BCUT2D eigenvalue weighted by Gasteiger charge is 2.32. The molecule has 2 heterocycles. The number of pyridine rings is 1. The first-order valence-corrected chi connectivity index (χ1v) is 6.32. The lowest BCUT2D eigenvalue weighted by molar-refractivity contribution is -0.137. The number of hydrogen-bond donors (Lipinski definition) is 0. The van der Waals surface area contributed by atoms with Gasteiger partial charge in [0.05, 0.1) is 10.6 Å². The van der Waals surface area contributed by atoms with Gasteiger partial charge in [0.2, 0.25) is 0 Å². The van der Waals surface area contributed by atoms with Crippen LogP contribution in [0.4, 0.5) is 13.2 Å². The minimum absolute atomic E-state index is 0.115. The molecule has 0 atom stereocenters. The summed E-state index contributed by atoms with van der Waals surface area (Å²) in [6.07, 6.45) is -1.13. The van der Waals surface area contributed by atoms with Crippen LogP contribution in [-0.4, -0.2) is 31.6 Å². The Bertz CT molecular complexity index is 649. The standard InChI is InChI=1S/C12H11ClF3N5/c1-7(2)20-11(21-6-17-5-19-21)10-9(13)3-8(4-18-10)12(14,15)16/h3-7H,1-2H3. The van der Waals surface area contributed by atoms with Crippen LogP contribution >= 0.6 is 11.6 Å². The van der Waals surface area contributed by atoms with Crippen molar-refractivity contribution in [3.05, 3.63) is 41.2 Å². The maximum atomic E-state index is 12.6. The van der Waals surface area contributed by atoms with Crippen molar-refractivity contribution < 1.29 is 13.2 Å². The van der Waals surface area contributed by atoms with Gasteiger partial charge in [-0.05, 0) is 19.9 Å². The zero-order chi connectivity index (χ0) is 15.6. The summed E-state index contributed by atoms with van der Waals surface area (Å²) in [5.41, 5.74) is -0.803. The van der Waals surface area contributed by atoms with Crippen LogP contribution in [0.5, 0.6) is 0 Å². The lowest BCUT2D eigenvalue weighted by atomic mass is 10.2. The van der Waals surface area contributed by atoms with Crippen LogP contribution in [0.15, 0.2) is 29.9 Å². The molecule has 21 heavy (non-hydrogen) atoms. The average Bonchev–Trinajstić information content (AvgIpc) is 2.88. The molecule has 5 nitrogen and oxygen atoms in total. The molecule has 9 heteroatoms. The van der Waals surface area contributed by atoms with E-state index in [1.54, 1.807) is 0 Å². The van der Waals surface area contributed by atoms with Crippen LogP contribution in [0.25, 0.3) is 0 Å². The minimum atomic E-state index is -4.50. The third-order valence-corrected chi connectivity index (χ3v) is 2.68. The molecule has 0 unspecified atom stereocenters. The highest BCUT2D eigenvalue weighted by molar-refractivity contribution is 6.33. The quantitative estimate of drug-likeness (QED) is 0.632. The Morgan fingerprint density at radius 1 is 1.38 bits per heavy atom. The number of aliphatic imine (C=N–C) groups is 1. The van der Waals surface area contributed by atoms with Crippen LogP contribution in [-0.2, 0) is 6.18 Å². The fraction of sp³-hybridized carbons (Fsp3) is 0.333. The van der Waals surface area contributed by atoms with Crippen molar-refractivity contribution >= 4 is 17.4 Å². The normalized spacial score (nSPS) is 13.0. The van der Waals surface area contributed by atoms with Gasteiger partial charge in [-0.2, -0.15) is 18.3 Å². The van der Waals surface area contributed by atoms with Crippen molar-refractivity contribution in [2.75, 3.05) is 0 Å². The summed E-state index contributed by atoms with van der Waals surface area (Å²) < 4.78 is 39.2. The second kappa shape index (κ2) is 5.80. The summed E-state index contributed by atoms with van der Waals surface area (Å²) in [5.74, 6) is 0.237. The molecule has 0 amide bonds. The van der Waals surface area contributed by atoms with Crippen LogP contribution in [0.2, 0.25) is 5.02 Å². The Hall–Kier alpha value is -1.96. The molecule has 0 aromatic carbocycles. The minimum Gasteiger partial charge on any atom is -0.262 e. The van der Waals surface area contributed by atoms with Crippen LogP contribution in [0, 0.1) is 0 Å². The first kappa shape index (κ1) is 15.4. The molecule has 0 saturated carbocycles. The summed E-state index contributed by atoms with van der Waals surface area (Å²) >= 11 is 5.93. The number of nitrogens with zero attached hydrogens (tertiary/aromatic N) is 5. The Labute approximate surface area is 123 Å². The first-order chi connectivity index (χ1) is 9.79. The highest BCUT2D eigenvalue weighted by Crippen LogP contribution is 2.31. The lowest BCUT2D eigenvalue weighted by Crippen LogP contribution is -2.19. The molecule has 112 valence electrons. The van der Waals surface area contributed by atoms with Gasteiger partial charge >= 0.3 is 6.18 Å². The van der Waals surface area contributed by atoms with Crippen molar-refractivity contribution in [3.8, 4) is 0 Å². The fourth-order valence-electron chi connectivity index (χ4n) is 1.55. The summed E-state index contributed by atoms with van der Waals surface area (Å²) in [6.45, 7) is 3.63. The molecule has 2 aromatic heterocycles. The van der Waals surface area contributed by atoms with Crippen LogP contribution in [0.3, 0.4) is 0 Å². The summed E-state index contributed by atoms with van der Waals surface area (Å²) in [6, 6.07) is 0.695. The van der Waals surface area contributed by atoms with Gasteiger partial charge < -0.3 is 0 Å². The van der Waals surface area contributed by atoms with Gasteiger partial charge in [-0.25, -0.2) is 9.67 Å². The maximum Gasteiger partial charge on any atom is 0.417 e. The summed E-state index contributed by atoms with van der Waals surface area (Å²) in [7, 11) is 0. The van der Waals surface area contributed by atoms with Gasteiger partial charge in [0, 0.05) is 12.2 Å². The lowest BCUT2D eigenvalue weighted by Gasteiger charge is -2.11. The fourth-order valence-corrected chi connectivity index (χ4v) is 1.80. The van der Waals surface area contributed by atoms with Gasteiger partial charge in [-0.1, -0.05) is 11.6 Å². The third-order valence-electron chi connectivity index (χ3n) is 2.40. The van der Waals surface area contributed by atoms with Gasteiger partial charge in [0.25, 0.3) is 0 Å². The van der Waals surface area contributed by atoms with Crippen LogP contribution < -0.4 is 0 Å². The number of hydrogen-bond acceptors (Lipinski definition) is 4. The number of alkyl halides is 3. The topological polar surface area (TPSA) is 56.0 Å². The molecule has 0 aliphatic carbocycles. The van der Waals surface area contributed by atoms with E-state index in [1.807, 2.05) is 13.8 Å². The van der Waals surface area contributed by atoms with E-state index in [1.165, 1.54) is 17.3 Å². The highest BCUT2D eigenvalue weighted by atomic mass is 35.5. The van der Waals surface area contributed by atoms with Crippen molar-refractivity contribution in [1.82, 2.24) is 19.7 Å². The Kier molecular flexibility index (Phi) is 4.26. The number of aromatic nitrogens is 4. The van der Waals surface area contributed by atoms with Gasteiger partial charge in [0.1, 0.15) is 18.3 Å². The Morgan fingerprint density at radius 3 is 2.57 bits per heavy atom.